The number of piperazine rings is 1. The molecule has 128 valence electrons. The average molecular weight is 336 g/mol. The molecule has 1 aromatic heterocycles. The molecule has 1 fully saturated rings. The second kappa shape index (κ2) is 7.17. The Bertz CT molecular complexity index is 898. The van der Waals surface area contributed by atoms with Gasteiger partial charge in [0.2, 0.25) is 0 Å². The highest BCUT2D eigenvalue weighted by Crippen LogP contribution is 2.04. The molecule has 0 amide bonds. The number of benzene rings is 2. The molecule has 1 saturated heterocycles. The van der Waals surface area contributed by atoms with Gasteiger partial charge in [-0.2, -0.15) is 0 Å². The summed E-state index contributed by atoms with van der Waals surface area (Å²) in [5, 5.41) is 0.665. The number of fused-ring (bicyclic) bond motifs is 1. The molecule has 2 aromatic carbocycles. The Balaban J connectivity index is 1.38. The molecule has 0 saturated carbocycles. The summed E-state index contributed by atoms with van der Waals surface area (Å²) >= 11 is 0. The van der Waals surface area contributed by atoms with Crippen LogP contribution in [-0.4, -0.2) is 36.1 Å². The Labute approximate surface area is 146 Å². The molecule has 3 N–H and O–H groups in total. The topological polar surface area (TPSA) is 54.6 Å². The predicted molar refractivity (Wildman–Crippen MR) is 97.6 cm³/mol. The maximum atomic E-state index is 12.2. The normalized spacial score (nSPS) is 20.6. The van der Waals surface area contributed by atoms with Crippen LogP contribution in [0.4, 0.5) is 0 Å². The number of aromatic amines is 1. The van der Waals surface area contributed by atoms with Crippen molar-refractivity contribution in [2.24, 2.45) is 0 Å². The van der Waals surface area contributed by atoms with Gasteiger partial charge in [0.15, 0.2) is 5.82 Å². The third-order valence-corrected chi connectivity index (χ3v) is 5.04. The summed E-state index contributed by atoms with van der Waals surface area (Å²) in [6, 6.07) is 18.2. The van der Waals surface area contributed by atoms with E-state index in [-0.39, 0.29) is 5.56 Å². The molecular weight excluding hydrogens is 312 g/mol. The van der Waals surface area contributed by atoms with Gasteiger partial charge < -0.3 is 14.8 Å². The molecule has 5 heteroatoms. The number of hydrogen-bond donors (Lipinski definition) is 3. The number of hydrogen-bond acceptors (Lipinski definition) is 2. The van der Waals surface area contributed by atoms with Crippen LogP contribution < -0.4 is 15.4 Å². The number of nitrogens with one attached hydrogen (secondary N) is 3. The fourth-order valence-electron chi connectivity index (χ4n) is 3.65. The van der Waals surface area contributed by atoms with Crippen LogP contribution >= 0.6 is 0 Å². The van der Waals surface area contributed by atoms with Gasteiger partial charge in [0.05, 0.1) is 10.9 Å². The molecule has 1 aliphatic heterocycles. The lowest BCUT2D eigenvalue weighted by molar-refractivity contribution is -1.02. The predicted octanol–water partition coefficient (Wildman–Crippen LogP) is -0.593. The molecule has 3 aromatic rings. The van der Waals surface area contributed by atoms with Gasteiger partial charge in [0.1, 0.15) is 39.3 Å². The van der Waals surface area contributed by atoms with Crippen molar-refractivity contribution in [2.75, 3.05) is 26.2 Å². The summed E-state index contributed by atoms with van der Waals surface area (Å²) < 4.78 is 0. The Kier molecular flexibility index (Phi) is 4.59. The second-order valence-corrected chi connectivity index (χ2v) is 6.87. The summed E-state index contributed by atoms with van der Waals surface area (Å²) in [6.07, 6.45) is 0. The maximum Gasteiger partial charge on any atom is 0.258 e. The molecule has 2 heterocycles. The van der Waals surface area contributed by atoms with E-state index in [2.05, 4.69) is 40.3 Å². The summed E-state index contributed by atoms with van der Waals surface area (Å²) in [4.78, 5) is 22.9. The Hall–Kier alpha value is -2.50. The van der Waals surface area contributed by atoms with E-state index in [9.17, 15) is 4.79 Å². The van der Waals surface area contributed by atoms with Crippen molar-refractivity contribution in [1.29, 1.82) is 0 Å². The minimum Gasteiger partial charge on any atom is -0.322 e. The number of quaternary nitrogens is 2. The molecule has 0 atom stereocenters. The smallest absolute Gasteiger partial charge is 0.258 e. The van der Waals surface area contributed by atoms with Crippen molar-refractivity contribution in [3.63, 3.8) is 0 Å². The first-order valence-corrected chi connectivity index (χ1v) is 8.97. The van der Waals surface area contributed by atoms with Gasteiger partial charge in [-0.15, -0.1) is 0 Å². The van der Waals surface area contributed by atoms with Gasteiger partial charge in [-0.1, -0.05) is 42.5 Å². The van der Waals surface area contributed by atoms with E-state index in [4.69, 9.17) is 0 Å². The zero-order valence-electron chi connectivity index (χ0n) is 14.3. The largest absolute Gasteiger partial charge is 0.322 e. The average Bonchev–Trinajstić information content (AvgIpc) is 2.64. The Morgan fingerprint density at radius 2 is 1.48 bits per heavy atom. The lowest BCUT2D eigenvalue weighted by Crippen LogP contribution is -3.27. The first-order chi connectivity index (χ1) is 12.3. The summed E-state index contributed by atoms with van der Waals surface area (Å²) in [5.74, 6) is 0.796. The maximum absolute atomic E-state index is 12.2. The minimum absolute atomic E-state index is 0.0339. The van der Waals surface area contributed by atoms with E-state index in [1.54, 1.807) is 4.90 Å². The van der Waals surface area contributed by atoms with Crippen LogP contribution in [0.3, 0.4) is 0 Å². The van der Waals surface area contributed by atoms with Crippen molar-refractivity contribution in [3.8, 4) is 0 Å². The fraction of sp³-hybridized carbons (Fsp3) is 0.300. The highest BCUT2D eigenvalue weighted by atomic mass is 16.1. The highest BCUT2D eigenvalue weighted by Gasteiger charge is 2.23. The van der Waals surface area contributed by atoms with E-state index in [0.29, 0.717) is 5.39 Å². The first-order valence-electron chi connectivity index (χ1n) is 8.97. The lowest BCUT2D eigenvalue weighted by Gasteiger charge is -2.29. The number of aromatic nitrogens is 2. The Morgan fingerprint density at radius 3 is 2.24 bits per heavy atom. The molecule has 25 heavy (non-hydrogen) atoms. The number of para-hydroxylation sites is 1. The quantitative estimate of drug-likeness (QED) is 0.596. The lowest BCUT2D eigenvalue weighted by atomic mass is 10.2. The van der Waals surface area contributed by atoms with Crippen LogP contribution in [0.5, 0.6) is 0 Å². The van der Waals surface area contributed by atoms with Crippen LogP contribution in [0.25, 0.3) is 10.9 Å². The SMILES string of the molecule is O=c1[nH]c(C[NH+]2CC[NH+](Cc3ccccc3)CC2)nc2ccccc12. The van der Waals surface area contributed by atoms with E-state index in [1.807, 2.05) is 24.3 Å². The summed E-state index contributed by atoms with van der Waals surface area (Å²) in [5.41, 5.74) is 2.16. The van der Waals surface area contributed by atoms with Crippen molar-refractivity contribution in [3.05, 3.63) is 76.3 Å². The zero-order chi connectivity index (χ0) is 17.1. The zero-order valence-corrected chi connectivity index (χ0v) is 14.3. The van der Waals surface area contributed by atoms with Gasteiger partial charge in [0, 0.05) is 5.56 Å². The van der Waals surface area contributed by atoms with Crippen molar-refractivity contribution in [1.82, 2.24) is 9.97 Å². The minimum atomic E-state index is -0.0339. The van der Waals surface area contributed by atoms with Gasteiger partial charge in [-0.05, 0) is 12.1 Å². The standard InChI is InChI=1S/C20H22N4O/c25-20-17-8-4-5-9-18(17)21-19(22-20)15-24-12-10-23(11-13-24)14-16-6-2-1-3-7-16/h1-9H,10-15H2,(H,21,22,25)/p+2. The second-order valence-electron chi connectivity index (χ2n) is 6.87. The molecular formula is C20H24N4O+2. The van der Waals surface area contributed by atoms with Gasteiger partial charge in [0.25, 0.3) is 5.56 Å². The van der Waals surface area contributed by atoms with E-state index in [0.717, 1.165) is 50.6 Å². The molecule has 0 bridgehead atoms. The summed E-state index contributed by atoms with van der Waals surface area (Å²) in [7, 11) is 0. The number of H-pyrrole nitrogens is 1. The number of nitrogens with zero attached hydrogens (tertiary/aromatic N) is 1. The number of rotatable bonds is 4. The van der Waals surface area contributed by atoms with Crippen LogP contribution in [0.1, 0.15) is 11.4 Å². The highest BCUT2D eigenvalue weighted by molar-refractivity contribution is 5.77. The fourth-order valence-corrected chi connectivity index (χ4v) is 3.65. The van der Waals surface area contributed by atoms with Crippen LogP contribution in [0, 0.1) is 0 Å². The van der Waals surface area contributed by atoms with Crippen LogP contribution in [0.2, 0.25) is 0 Å². The molecule has 0 unspecified atom stereocenters. The molecule has 4 rings (SSSR count). The molecule has 0 spiro atoms. The van der Waals surface area contributed by atoms with Crippen molar-refractivity contribution < 1.29 is 9.80 Å². The third kappa shape index (κ3) is 3.78. The first kappa shape index (κ1) is 16.0. The molecule has 0 aliphatic carbocycles. The van der Waals surface area contributed by atoms with E-state index < -0.39 is 0 Å². The third-order valence-electron chi connectivity index (χ3n) is 5.04. The van der Waals surface area contributed by atoms with Crippen LogP contribution in [-0.2, 0) is 13.1 Å². The molecule has 0 radical (unpaired) electrons. The van der Waals surface area contributed by atoms with Crippen molar-refractivity contribution >= 4 is 10.9 Å². The van der Waals surface area contributed by atoms with Gasteiger partial charge >= 0.3 is 0 Å². The molecule has 1 aliphatic rings. The van der Waals surface area contributed by atoms with Crippen LogP contribution in [0.15, 0.2) is 59.4 Å². The van der Waals surface area contributed by atoms with Gasteiger partial charge in [-0.25, -0.2) is 4.98 Å². The van der Waals surface area contributed by atoms with Crippen molar-refractivity contribution in [2.45, 2.75) is 13.1 Å². The summed E-state index contributed by atoms with van der Waals surface area (Å²) in [6.45, 7) is 6.42. The van der Waals surface area contributed by atoms with E-state index in [1.165, 1.54) is 10.5 Å². The van der Waals surface area contributed by atoms with E-state index >= 15 is 0 Å². The van der Waals surface area contributed by atoms with Gasteiger partial charge in [-0.3, -0.25) is 4.79 Å². The molecule has 5 nitrogen and oxygen atoms in total. The monoisotopic (exact) mass is 336 g/mol. The Morgan fingerprint density at radius 1 is 0.840 bits per heavy atom.